The minimum absolute atomic E-state index is 0.761. The van der Waals surface area contributed by atoms with E-state index in [1.165, 1.54) is 32.1 Å². The predicted octanol–water partition coefficient (Wildman–Crippen LogP) is 4.30. The standard InChI is InChI=1S/C11H24B/c1-5-7-8-9-11(6-2)12-10(3)4/h10-11H,5-9H2,1-4H3. The van der Waals surface area contributed by atoms with Gasteiger partial charge in [-0.15, -0.1) is 0 Å². The van der Waals surface area contributed by atoms with Gasteiger partial charge in [0.15, 0.2) is 0 Å². The van der Waals surface area contributed by atoms with Gasteiger partial charge in [-0.25, -0.2) is 0 Å². The molecule has 0 fully saturated rings. The summed E-state index contributed by atoms with van der Waals surface area (Å²) in [6.07, 6.45) is 6.89. The van der Waals surface area contributed by atoms with Crippen LogP contribution in [0.15, 0.2) is 0 Å². The van der Waals surface area contributed by atoms with Crippen molar-refractivity contribution in [1.82, 2.24) is 0 Å². The van der Waals surface area contributed by atoms with Crippen LogP contribution in [0.5, 0.6) is 0 Å². The first-order valence-electron chi connectivity index (χ1n) is 5.55. The third kappa shape index (κ3) is 6.76. The molecule has 0 spiro atoms. The zero-order chi connectivity index (χ0) is 9.40. The average Bonchev–Trinajstić information content (AvgIpc) is 2.02. The molecule has 0 bridgehead atoms. The second-order valence-electron chi connectivity index (χ2n) is 4.10. The van der Waals surface area contributed by atoms with Crippen LogP contribution in [0.2, 0.25) is 11.6 Å². The third-order valence-electron chi connectivity index (χ3n) is 2.36. The van der Waals surface area contributed by atoms with Gasteiger partial charge in [0.1, 0.15) is 7.28 Å². The van der Waals surface area contributed by atoms with Gasteiger partial charge in [0.05, 0.1) is 0 Å². The quantitative estimate of drug-likeness (QED) is 0.391. The summed E-state index contributed by atoms with van der Waals surface area (Å²) in [5.41, 5.74) is 0. The molecule has 0 aromatic carbocycles. The zero-order valence-electron chi connectivity index (χ0n) is 9.27. The zero-order valence-corrected chi connectivity index (χ0v) is 9.27. The maximum Gasteiger partial charge on any atom is 0.117 e. The minimum atomic E-state index is 0.761. The highest BCUT2D eigenvalue weighted by molar-refractivity contribution is 6.39. The van der Waals surface area contributed by atoms with Gasteiger partial charge in [-0.1, -0.05) is 71.4 Å². The molecule has 0 aromatic heterocycles. The van der Waals surface area contributed by atoms with Gasteiger partial charge >= 0.3 is 0 Å². The second kappa shape index (κ2) is 7.70. The summed E-state index contributed by atoms with van der Waals surface area (Å²) in [6.45, 7) is 9.13. The lowest BCUT2D eigenvalue weighted by atomic mass is 9.54. The Morgan fingerprint density at radius 1 is 1.08 bits per heavy atom. The van der Waals surface area contributed by atoms with Gasteiger partial charge in [0.25, 0.3) is 0 Å². The summed E-state index contributed by atoms with van der Waals surface area (Å²) in [7, 11) is 2.51. The molecule has 0 N–H and O–H groups in total. The number of hydrogen-bond donors (Lipinski definition) is 0. The van der Waals surface area contributed by atoms with Gasteiger partial charge in [-0.3, -0.25) is 0 Å². The fourth-order valence-electron chi connectivity index (χ4n) is 1.64. The molecule has 0 aliphatic heterocycles. The molecular weight excluding hydrogens is 143 g/mol. The van der Waals surface area contributed by atoms with E-state index in [9.17, 15) is 0 Å². The Bertz CT molecular complexity index is 89.0. The van der Waals surface area contributed by atoms with Crippen molar-refractivity contribution in [2.75, 3.05) is 0 Å². The maximum absolute atomic E-state index is 2.51. The van der Waals surface area contributed by atoms with Crippen molar-refractivity contribution in [3.63, 3.8) is 0 Å². The Morgan fingerprint density at radius 2 is 1.75 bits per heavy atom. The van der Waals surface area contributed by atoms with Crippen molar-refractivity contribution in [1.29, 1.82) is 0 Å². The van der Waals surface area contributed by atoms with Crippen LogP contribution < -0.4 is 0 Å². The van der Waals surface area contributed by atoms with Crippen LogP contribution in [0.25, 0.3) is 0 Å². The topological polar surface area (TPSA) is 0 Å². The van der Waals surface area contributed by atoms with Gasteiger partial charge in [-0.05, 0) is 0 Å². The molecule has 0 saturated heterocycles. The van der Waals surface area contributed by atoms with Crippen molar-refractivity contribution in [2.24, 2.45) is 0 Å². The highest BCUT2D eigenvalue weighted by atomic mass is 14.0. The summed E-state index contributed by atoms with van der Waals surface area (Å²) in [4.78, 5) is 0. The molecule has 0 aliphatic carbocycles. The first kappa shape index (κ1) is 12.1. The molecule has 0 aromatic rings. The van der Waals surface area contributed by atoms with Crippen molar-refractivity contribution in [3.8, 4) is 0 Å². The van der Waals surface area contributed by atoms with E-state index in [1.807, 2.05) is 0 Å². The smallest absolute Gasteiger partial charge is 0.0742 e. The summed E-state index contributed by atoms with van der Waals surface area (Å²) in [5.74, 6) is 1.63. The van der Waals surface area contributed by atoms with Gasteiger partial charge in [-0.2, -0.15) is 0 Å². The molecule has 0 saturated carbocycles. The van der Waals surface area contributed by atoms with Crippen LogP contribution >= 0.6 is 0 Å². The maximum atomic E-state index is 2.51. The van der Waals surface area contributed by atoms with Gasteiger partial charge in [0, 0.05) is 0 Å². The van der Waals surface area contributed by atoms with E-state index in [1.54, 1.807) is 0 Å². The van der Waals surface area contributed by atoms with Crippen LogP contribution in [0.3, 0.4) is 0 Å². The third-order valence-corrected chi connectivity index (χ3v) is 2.36. The SMILES string of the molecule is CCCCCC([B]C(C)C)CC. The van der Waals surface area contributed by atoms with Gasteiger partial charge in [0.2, 0.25) is 0 Å². The molecule has 1 unspecified atom stereocenters. The molecule has 0 nitrogen and oxygen atoms in total. The van der Waals surface area contributed by atoms with Gasteiger partial charge < -0.3 is 0 Å². The highest BCUT2D eigenvalue weighted by Crippen LogP contribution is 2.22. The van der Waals surface area contributed by atoms with Crippen molar-refractivity contribution < 1.29 is 0 Å². The molecule has 0 heterocycles. The molecule has 1 heteroatoms. The van der Waals surface area contributed by atoms with Crippen LogP contribution in [-0.4, -0.2) is 7.28 Å². The average molecular weight is 167 g/mol. The monoisotopic (exact) mass is 167 g/mol. The Morgan fingerprint density at radius 3 is 2.17 bits per heavy atom. The first-order chi connectivity index (χ1) is 5.70. The van der Waals surface area contributed by atoms with E-state index in [2.05, 4.69) is 35.0 Å². The van der Waals surface area contributed by atoms with Crippen LogP contribution in [0.4, 0.5) is 0 Å². The van der Waals surface area contributed by atoms with Crippen molar-refractivity contribution in [2.45, 2.75) is 71.4 Å². The Labute approximate surface area is 79.4 Å². The number of hydrogen-bond acceptors (Lipinski definition) is 0. The lowest BCUT2D eigenvalue weighted by Gasteiger charge is -2.15. The fourth-order valence-corrected chi connectivity index (χ4v) is 1.64. The van der Waals surface area contributed by atoms with Crippen LogP contribution in [0, 0.1) is 0 Å². The molecule has 0 aliphatic rings. The molecular formula is C11H24B. The number of rotatable bonds is 7. The summed E-state index contributed by atoms with van der Waals surface area (Å²) < 4.78 is 0. The molecule has 1 radical (unpaired) electrons. The summed E-state index contributed by atoms with van der Waals surface area (Å²) in [5, 5.41) is 0. The molecule has 0 rings (SSSR count). The van der Waals surface area contributed by atoms with E-state index in [4.69, 9.17) is 0 Å². The normalized spacial score (nSPS) is 13.4. The largest absolute Gasteiger partial charge is 0.117 e. The first-order valence-corrected chi connectivity index (χ1v) is 5.55. The highest BCUT2D eigenvalue weighted by Gasteiger charge is 2.09. The lowest BCUT2D eigenvalue weighted by molar-refractivity contribution is 0.616. The fraction of sp³-hybridized carbons (Fsp3) is 1.00. The summed E-state index contributed by atoms with van der Waals surface area (Å²) in [6, 6.07) is 0. The van der Waals surface area contributed by atoms with E-state index >= 15 is 0 Å². The van der Waals surface area contributed by atoms with Crippen LogP contribution in [0.1, 0.15) is 59.8 Å². The van der Waals surface area contributed by atoms with E-state index < -0.39 is 0 Å². The van der Waals surface area contributed by atoms with Crippen LogP contribution in [-0.2, 0) is 0 Å². The predicted molar refractivity (Wildman–Crippen MR) is 59.0 cm³/mol. The molecule has 71 valence electrons. The van der Waals surface area contributed by atoms with E-state index in [-0.39, 0.29) is 0 Å². The lowest BCUT2D eigenvalue weighted by Crippen LogP contribution is -2.06. The second-order valence-corrected chi connectivity index (χ2v) is 4.10. The van der Waals surface area contributed by atoms with Crippen molar-refractivity contribution >= 4 is 7.28 Å². The molecule has 1 atom stereocenters. The Hall–Kier alpha value is 0.0649. The molecule has 12 heavy (non-hydrogen) atoms. The van der Waals surface area contributed by atoms with E-state index in [0.29, 0.717) is 0 Å². The van der Waals surface area contributed by atoms with E-state index in [0.717, 1.165) is 11.6 Å². The Balaban J connectivity index is 3.39. The van der Waals surface area contributed by atoms with Crippen molar-refractivity contribution in [3.05, 3.63) is 0 Å². The molecule has 0 amide bonds. The Kier molecular flexibility index (Phi) is 7.74. The summed E-state index contributed by atoms with van der Waals surface area (Å²) >= 11 is 0. The minimum Gasteiger partial charge on any atom is -0.0742 e. The number of unbranched alkanes of at least 4 members (excludes halogenated alkanes) is 2.